The first-order valence-electron chi connectivity index (χ1n) is 7.94. The van der Waals surface area contributed by atoms with Crippen molar-refractivity contribution in [3.63, 3.8) is 0 Å². The van der Waals surface area contributed by atoms with Crippen LogP contribution in [0.2, 0.25) is 0 Å². The van der Waals surface area contributed by atoms with E-state index in [2.05, 4.69) is 6.58 Å². The van der Waals surface area contributed by atoms with E-state index in [4.69, 9.17) is 4.74 Å². The van der Waals surface area contributed by atoms with Crippen LogP contribution in [-0.2, 0) is 14.3 Å². The zero-order chi connectivity index (χ0) is 15.1. The Morgan fingerprint density at radius 3 is 1.80 bits per heavy atom. The molecule has 116 valence electrons. The van der Waals surface area contributed by atoms with Crippen LogP contribution in [0.5, 0.6) is 0 Å². The topological polar surface area (TPSA) is 43.4 Å². The zero-order valence-corrected chi connectivity index (χ0v) is 13.0. The normalized spacial score (nSPS) is 10.2. The number of aldehydes is 1. The number of carbonyl (C=O) groups is 2. The molecule has 0 aliphatic carbocycles. The molecule has 0 aromatic rings. The highest BCUT2D eigenvalue weighted by Gasteiger charge is 2.01. The number of ether oxygens (including phenoxy) is 1. The minimum Gasteiger partial charge on any atom is -0.462 e. The minimum atomic E-state index is -0.278. The van der Waals surface area contributed by atoms with Gasteiger partial charge < -0.3 is 9.53 Å². The van der Waals surface area contributed by atoms with Crippen molar-refractivity contribution >= 4 is 12.3 Å². The molecule has 0 saturated carbocycles. The van der Waals surface area contributed by atoms with Gasteiger partial charge in [0.05, 0.1) is 6.61 Å². The number of hydrogen-bond donors (Lipinski definition) is 0. The molecule has 0 rings (SSSR count). The van der Waals surface area contributed by atoms with E-state index in [0.717, 1.165) is 32.0 Å². The quantitative estimate of drug-likeness (QED) is 0.202. The molecule has 0 fully saturated rings. The van der Waals surface area contributed by atoms with Gasteiger partial charge in [0.1, 0.15) is 6.29 Å². The molecule has 3 nitrogen and oxygen atoms in total. The van der Waals surface area contributed by atoms with Gasteiger partial charge in [0.2, 0.25) is 0 Å². The number of hydrogen-bond acceptors (Lipinski definition) is 3. The standard InChI is InChI=1S/C17H30O3/c1-16(2)17(19)20-15-13-11-9-7-5-3-4-6-8-10-12-14-18/h14H,1,3-13,15H2,2H3. The van der Waals surface area contributed by atoms with Crippen LogP contribution in [0.3, 0.4) is 0 Å². The Bertz CT molecular complexity index is 271. The summed E-state index contributed by atoms with van der Waals surface area (Å²) in [5.41, 5.74) is 0.471. The van der Waals surface area contributed by atoms with Gasteiger partial charge in [0.25, 0.3) is 0 Å². The van der Waals surface area contributed by atoms with Gasteiger partial charge in [0.15, 0.2) is 0 Å². The Hall–Kier alpha value is -1.12. The van der Waals surface area contributed by atoms with Crippen LogP contribution in [0, 0.1) is 0 Å². The van der Waals surface area contributed by atoms with Crippen LogP contribution in [-0.4, -0.2) is 18.9 Å². The van der Waals surface area contributed by atoms with E-state index in [1.165, 1.54) is 44.9 Å². The highest BCUT2D eigenvalue weighted by atomic mass is 16.5. The fraction of sp³-hybridized carbons (Fsp3) is 0.765. The molecule has 0 radical (unpaired) electrons. The average molecular weight is 282 g/mol. The maximum atomic E-state index is 11.1. The highest BCUT2D eigenvalue weighted by molar-refractivity contribution is 5.86. The SMILES string of the molecule is C=C(C)C(=O)OCCCCCCCCCCCCC=O. The van der Waals surface area contributed by atoms with Crippen LogP contribution >= 0.6 is 0 Å². The summed E-state index contributed by atoms with van der Waals surface area (Å²) in [4.78, 5) is 21.2. The Morgan fingerprint density at radius 2 is 1.35 bits per heavy atom. The van der Waals surface area contributed by atoms with Crippen molar-refractivity contribution in [1.82, 2.24) is 0 Å². The summed E-state index contributed by atoms with van der Waals surface area (Å²) in [5, 5.41) is 0. The van der Waals surface area contributed by atoms with E-state index in [1.807, 2.05) is 0 Å². The molecule has 0 aromatic heterocycles. The van der Waals surface area contributed by atoms with Crippen molar-refractivity contribution in [2.24, 2.45) is 0 Å². The summed E-state index contributed by atoms with van der Waals surface area (Å²) < 4.78 is 5.03. The fourth-order valence-electron chi connectivity index (χ4n) is 2.03. The predicted molar refractivity (Wildman–Crippen MR) is 82.6 cm³/mol. The summed E-state index contributed by atoms with van der Waals surface area (Å²) in [7, 11) is 0. The Kier molecular flexibility index (Phi) is 13.5. The Labute approximate surface area is 123 Å². The largest absolute Gasteiger partial charge is 0.462 e. The molecule has 0 aromatic carbocycles. The summed E-state index contributed by atoms with van der Waals surface area (Å²) in [6.07, 6.45) is 13.7. The lowest BCUT2D eigenvalue weighted by atomic mass is 10.1. The van der Waals surface area contributed by atoms with Crippen molar-refractivity contribution in [3.8, 4) is 0 Å². The molecule has 0 aliphatic heterocycles. The van der Waals surface area contributed by atoms with Gasteiger partial charge in [-0.15, -0.1) is 0 Å². The molecule has 0 aliphatic rings. The van der Waals surface area contributed by atoms with E-state index in [1.54, 1.807) is 6.92 Å². The van der Waals surface area contributed by atoms with E-state index < -0.39 is 0 Å². The Balaban J connectivity index is 3.08. The van der Waals surface area contributed by atoms with Crippen LogP contribution < -0.4 is 0 Å². The second kappa shape index (κ2) is 14.3. The maximum Gasteiger partial charge on any atom is 0.333 e. The van der Waals surface area contributed by atoms with Crippen LogP contribution in [0.15, 0.2) is 12.2 Å². The molecule has 0 spiro atoms. The van der Waals surface area contributed by atoms with Crippen molar-refractivity contribution in [1.29, 1.82) is 0 Å². The van der Waals surface area contributed by atoms with E-state index in [-0.39, 0.29) is 5.97 Å². The summed E-state index contributed by atoms with van der Waals surface area (Å²) in [6, 6.07) is 0. The first-order valence-corrected chi connectivity index (χ1v) is 7.94. The molecular formula is C17H30O3. The Morgan fingerprint density at radius 1 is 0.900 bits per heavy atom. The van der Waals surface area contributed by atoms with Crippen molar-refractivity contribution in [2.45, 2.75) is 77.6 Å². The lowest BCUT2D eigenvalue weighted by molar-refractivity contribution is -0.139. The third-order valence-corrected chi connectivity index (χ3v) is 3.30. The van der Waals surface area contributed by atoms with Gasteiger partial charge in [-0.3, -0.25) is 0 Å². The lowest BCUT2D eigenvalue weighted by Gasteiger charge is -2.04. The molecule has 0 unspecified atom stereocenters. The second-order valence-corrected chi connectivity index (χ2v) is 5.41. The first-order chi connectivity index (χ1) is 9.68. The molecule has 20 heavy (non-hydrogen) atoms. The molecular weight excluding hydrogens is 252 g/mol. The summed E-state index contributed by atoms with van der Waals surface area (Å²) >= 11 is 0. The molecule has 0 amide bonds. The smallest absolute Gasteiger partial charge is 0.333 e. The van der Waals surface area contributed by atoms with Gasteiger partial charge in [-0.05, 0) is 19.8 Å². The van der Waals surface area contributed by atoms with Crippen molar-refractivity contribution in [2.75, 3.05) is 6.61 Å². The van der Waals surface area contributed by atoms with Gasteiger partial charge in [0, 0.05) is 12.0 Å². The van der Waals surface area contributed by atoms with Crippen LogP contribution in [0.4, 0.5) is 0 Å². The van der Waals surface area contributed by atoms with E-state index in [9.17, 15) is 9.59 Å². The van der Waals surface area contributed by atoms with E-state index in [0.29, 0.717) is 12.2 Å². The number of esters is 1. The lowest BCUT2D eigenvalue weighted by Crippen LogP contribution is -2.05. The zero-order valence-electron chi connectivity index (χ0n) is 13.0. The van der Waals surface area contributed by atoms with Crippen LogP contribution in [0.1, 0.15) is 77.6 Å². The summed E-state index contributed by atoms with van der Waals surface area (Å²) in [5.74, 6) is -0.278. The fourth-order valence-corrected chi connectivity index (χ4v) is 2.03. The monoisotopic (exact) mass is 282 g/mol. The molecule has 0 bridgehead atoms. The van der Waals surface area contributed by atoms with Crippen LogP contribution in [0.25, 0.3) is 0 Å². The highest BCUT2D eigenvalue weighted by Crippen LogP contribution is 2.11. The van der Waals surface area contributed by atoms with Gasteiger partial charge in [-0.2, -0.15) is 0 Å². The maximum absolute atomic E-state index is 11.1. The van der Waals surface area contributed by atoms with Crippen molar-refractivity contribution < 1.29 is 14.3 Å². The molecule has 0 atom stereocenters. The average Bonchev–Trinajstić information content (AvgIpc) is 2.43. The van der Waals surface area contributed by atoms with Gasteiger partial charge >= 0.3 is 5.97 Å². The van der Waals surface area contributed by atoms with Gasteiger partial charge in [-0.25, -0.2) is 4.79 Å². The predicted octanol–water partition coefficient (Wildman–Crippen LogP) is 4.60. The molecule has 3 heteroatoms. The van der Waals surface area contributed by atoms with Crippen molar-refractivity contribution in [3.05, 3.63) is 12.2 Å². The van der Waals surface area contributed by atoms with Gasteiger partial charge in [-0.1, -0.05) is 57.9 Å². The second-order valence-electron chi connectivity index (χ2n) is 5.41. The number of rotatable bonds is 14. The molecule has 0 heterocycles. The number of carbonyl (C=O) groups excluding carboxylic acids is 2. The van der Waals surface area contributed by atoms with E-state index >= 15 is 0 Å². The third kappa shape index (κ3) is 13.3. The molecule has 0 saturated heterocycles. The first kappa shape index (κ1) is 18.9. The summed E-state index contributed by atoms with van der Waals surface area (Å²) in [6.45, 7) is 5.73. The number of unbranched alkanes of at least 4 members (excludes halogenated alkanes) is 10. The third-order valence-electron chi connectivity index (χ3n) is 3.30. The minimum absolute atomic E-state index is 0.278. The molecule has 0 N–H and O–H groups in total.